The molecule has 5 nitrogen and oxygen atoms in total. The highest BCUT2D eigenvalue weighted by atomic mass is 35.5. The fourth-order valence-electron chi connectivity index (χ4n) is 3.29. The third-order valence-electron chi connectivity index (χ3n) is 4.62. The number of amides is 2. The van der Waals surface area contributed by atoms with Gasteiger partial charge < -0.3 is 10.2 Å². The van der Waals surface area contributed by atoms with Gasteiger partial charge in [0.2, 0.25) is 11.8 Å². The molecule has 1 saturated heterocycles. The fourth-order valence-corrected chi connectivity index (χ4v) is 3.82. The maximum absolute atomic E-state index is 13.1. The van der Waals surface area contributed by atoms with E-state index < -0.39 is 6.04 Å². The lowest BCUT2D eigenvalue weighted by atomic mass is 10.0. The molecule has 0 bridgehead atoms. The fraction of sp³-hybridized carbons (Fsp3) is 0.300. The second-order valence-corrected chi connectivity index (χ2v) is 7.38. The average Bonchev–Trinajstić information content (AvgIpc) is 2.62. The third kappa shape index (κ3) is 5.01. The number of nitrogens with zero attached hydrogens (tertiary/aromatic N) is 2. The van der Waals surface area contributed by atoms with Gasteiger partial charge in [0, 0.05) is 48.8 Å². The van der Waals surface area contributed by atoms with E-state index in [-0.39, 0.29) is 11.8 Å². The molecule has 1 aliphatic rings. The summed E-state index contributed by atoms with van der Waals surface area (Å²) in [7, 11) is 0. The summed E-state index contributed by atoms with van der Waals surface area (Å²) in [5, 5.41) is 3.85. The Hall–Kier alpha value is -2.08. The van der Waals surface area contributed by atoms with Gasteiger partial charge in [0.05, 0.1) is 0 Å². The van der Waals surface area contributed by atoms with Gasteiger partial charge in [-0.05, 0) is 23.8 Å². The van der Waals surface area contributed by atoms with Gasteiger partial charge in [-0.1, -0.05) is 53.5 Å². The number of anilines is 1. The zero-order valence-electron chi connectivity index (χ0n) is 15.0. The minimum Gasteiger partial charge on any atom is -0.340 e. The smallest absolute Gasteiger partial charge is 0.246 e. The number of hydrogen-bond donors (Lipinski definition) is 1. The van der Waals surface area contributed by atoms with E-state index in [1.165, 1.54) is 0 Å². The van der Waals surface area contributed by atoms with Gasteiger partial charge in [0.1, 0.15) is 6.04 Å². The monoisotopic (exact) mass is 405 g/mol. The highest BCUT2D eigenvalue weighted by molar-refractivity contribution is 6.35. The van der Waals surface area contributed by atoms with Crippen molar-refractivity contribution in [2.75, 3.05) is 31.5 Å². The first-order valence-corrected chi connectivity index (χ1v) is 9.51. The van der Waals surface area contributed by atoms with Crippen molar-refractivity contribution in [3.63, 3.8) is 0 Å². The molecule has 0 radical (unpaired) electrons. The molecule has 7 heteroatoms. The summed E-state index contributed by atoms with van der Waals surface area (Å²) in [6, 6.07) is 14.1. The normalized spacial score (nSPS) is 16.0. The van der Waals surface area contributed by atoms with Gasteiger partial charge in [-0.3, -0.25) is 14.5 Å². The number of halogens is 2. The van der Waals surface area contributed by atoms with Crippen LogP contribution in [0.25, 0.3) is 0 Å². The predicted molar refractivity (Wildman–Crippen MR) is 108 cm³/mol. The quantitative estimate of drug-likeness (QED) is 0.840. The number of carbonyl (C=O) groups is 2. The van der Waals surface area contributed by atoms with Crippen molar-refractivity contribution < 1.29 is 9.59 Å². The number of nitrogens with one attached hydrogen (secondary N) is 1. The molecule has 1 N–H and O–H groups in total. The molecular weight excluding hydrogens is 385 g/mol. The average molecular weight is 406 g/mol. The summed E-state index contributed by atoms with van der Waals surface area (Å²) in [5.41, 5.74) is 1.46. The molecule has 27 heavy (non-hydrogen) atoms. The highest BCUT2D eigenvalue weighted by Gasteiger charge is 2.31. The Balaban J connectivity index is 1.82. The molecule has 2 aromatic carbocycles. The molecule has 0 spiro atoms. The maximum Gasteiger partial charge on any atom is 0.246 e. The standard InChI is InChI=1S/C20H21Cl2N3O2/c1-14(26)24-7-9-25(10-8-24)19(15-5-3-2-4-6-15)20(27)23-18-12-16(21)11-17(22)13-18/h2-6,11-13,19H,7-10H2,1H3,(H,23,27)/t19-/m1/s1. The molecule has 0 saturated carbocycles. The van der Waals surface area contributed by atoms with Crippen LogP contribution in [0.2, 0.25) is 10.0 Å². The van der Waals surface area contributed by atoms with Gasteiger partial charge in [-0.2, -0.15) is 0 Å². The number of piperazine rings is 1. The van der Waals surface area contributed by atoms with E-state index in [0.717, 1.165) is 5.56 Å². The van der Waals surface area contributed by atoms with Crippen LogP contribution >= 0.6 is 23.2 Å². The van der Waals surface area contributed by atoms with E-state index in [1.54, 1.807) is 30.0 Å². The first-order valence-electron chi connectivity index (χ1n) is 8.75. The number of hydrogen-bond acceptors (Lipinski definition) is 3. The van der Waals surface area contributed by atoms with Gasteiger partial charge in [-0.15, -0.1) is 0 Å². The van der Waals surface area contributed by atoms with E-state index in [9.17, 15) is 9.59 Å². The molecule has 1 heterocycles. The van der Waals surface area contributed by atoms with Crippen LogP contribution < -0.4 is 5.32 Å². The minimum absolute atomic E-state index is 0.0592. The van der Waals surface area contributed by atoms with Crippen molar-refractivity contribution in [2.45, 2.75) is 13.0 Å². The van der Waals surface area contributed by atoms with Crippen LogP contribution in [0.1, 0.15) is 18.5 Å². The van der Waals surface area contributed by atoms with Crippen LogP contribution in [0, 0.1) is 0 Å². The zero-order valence-corrected chi connectivity index (χ0v) is 16.5. The van der Waals surface area contributed by atoms with Crippen molar-refractivity contribution in [3.05, 3.63) is 64.1 Å². The molecule has 1 atom stereocenters. The minimum atomic E-state index is -0.460. The van der Waals surface area contributed by atoms with Crippen molar-refractivity contribution in [2.24, 2.45) is 0 Å². The Bertz CT molecular complexity index is 801. The van der Waals surface area contributed by atoms with Crippen LogP contribution in [-0.4, -0.2) is 47.8 Å². The van der Waals surface area contributed by atoms with Crippen molar-refractivity contribution in [1.82, 2.24) is 9.80 Å². The summed E-state index contributed by atoms with van der Waals surface area (Å²) < 4.78 is 0. The number of carbonyl (C=O) groups excluding carboxylic acids is 2. The van der Waals surface area contributed by atoms with Crippen LogP contribution in [0.4, 0.5) is 5.69 Å². The summed E-state index contributed by atoms with van der Waals surface area (Å²) in [4.78, 5) is 28.6. The number of benzene rings is 2. The first kappa shape index (κ1) is 19.7. The van der Waals surface area contributed by atoms with Crippen molar-refractivity contribution in [1.29, 1.82) is 0 Å². The Labute approximate surface area is 168 Å². The number of rotatable bonds is 4. The molecular formula is C20H21Cl2N3O2. The lowest BCUT2D eigenvalue weighted by molar-refractivity contribution is -0.131. The Morgan fingerprint density at radius 2 is 1.56 bits per heavy atom. The summed E-state index contributed by atoms with van der Waals surface area (Å²) in [6.07, 6.45) is 0. The second kappa shape index (κ2) is 8.74. The van der Waals surface area contributed by atoms with Crippen LogP contribution in [0.15, 0.2) is 48.5 Å². The molecule has 0 unspecified atom stereocenters. The van der Waals surface area contributed by atoms with E-state index in [4.69, 9.17) is 23.2 Å². The van der Waals surface area contributed by atoms with E-state index >= 15 is 0 Å². The highest BCUT2D eigenvalue weighted by Crippen LogP contribution is 2.27. The van der Waals surface area contributed by atoms with Gasteiger partial charge in [-0.25, -0.2) is 0 Å². The zero-order chi connectivity index (χ0) is 19.4. The lowest BCUT2D eigenvalue weighted by Gasteiger charge is -2.38. The molecule has 2 aromatic rings. The Morgan fingerprint density at radius 3 is 2.11 bits per heavy atom. The van der Waals surface area contributed by atoms with Crippen molar-refractivity contribution in [3.8, 4) is 0 Å². The van der Waals surface area contributed by atoms with E-state index in [1.807, 2.05) is 30.3 Å². The molecule has 0 aromatic heterocycles. The van der Waals surface area contributed by atoms with Gasteiger partial charge >= 0.3 is 0 Å². The van der Waals surface area contributed by atoms with Gasteiger partial charge in [0.15, 0.2) is 0 Å². The largest absolute Gasteiger partial charge is 0.340 e. The molecule has 1 fully saturated rings. The van der Waals surface area contributed by atoms with Crippen LogP contribution in [0.5, 0.6) is 0 Å². The third-order valence-corrected chi connectivity index (χ3v) is 5.05. The summed E-state index contributed by atoms with van der Waals surface area (Å²) in [5.74, 6) is -0.0975. The Morgan fingerprint density at radius 1 is 0.963 bits per heavy atom. The molecule has 3 rings (SSSR count). The summed E-state index contributed by atoms with van der Waals surface area (Å²) in [6.45, 7) is 4.04. The first-order chi connectivity index (χ1) is 12.9. The molecule has 1 aliphatic heterocycles. The lowest BCUT2D eigenvalue weighted by Crippen LogP contribution is -2.51. The SMILES string of the molecule is CC(=O)N1CCN([C@@H](C(=O)Nc2cc(Cl)cc(Cl)c2)c2ccccc2)CC1. The second-order valence-electron chi connectivity index (χ2n) is 6.50. The van der Waals surface area contributed by atoms with Crippen LogP contribution in [-0.2, 0) is 9.59 Å². The topological polar surface area (TPSA) is 52.7 Å². The predicted octanol–water partition coefficient (Wildman–Crippen LogP) is 3.84. The van der Waals surface area contributed by atoms with E-state index in [2.05, 4.69) is 10.2 Å². The molecule has 0 aliphatic carbocycles. The van der Waals surface area contributed by atoms with Crippen molar-refractivity contribution >= 4 is 40.7 Å². The van der Waals surface area contributed by atoms with Gasteiger partial charge in [0.25, 0.3) is 0 Å². The molecule has 2 amide bonds. The van der Waals surface area contributed by atoms with E-state index in [0.29, 0.717) is 41.9 Å². The summed E-state index contributed by atoms with van der Waals surface area (Å²) >= 11 is 12.1. The Kier molecular flexibility index (Phi) is 6.37. The van der Waals surface area contributed by atoms with Crippen LogP contribution in [0.3, 0.4) is 0 Å². The maximum atomic E-state index is 13.1. The molecule has 142 valence electrons.